The summed E-state index contributed by atoms with van der Waals surface area (Å²) >= 11 is 10.2. The van der Waals surface area contributed by atoms with Crippen LogP contribution in [0.4, 0.5) is 0 Å². The fourth-order valence-corrected chi connectivity index (χ4v) is 2.02. The lowest BCUT2D eigenvalue weighted by Gasteiger charge is -2.37. The molecule has 0 unspecified atom stereocenters. The van der Waals surface area contributed by atoms with Crippen LogP contribution in [0.15, 0.2) is 0 Å². The second kappa shape index (κ2) is 6.16. The van der Waals surface area contributed by atoms with Crippen molar-refractivity contribution in [3.63, 3.8) is 0 Å². The highest BCUT2D eigenvalue weighted by molar-refractivity contribution is 7.90. The van der Waals surface area contributed by atoms with Gasteiger partial charge in [-0.05, 0) is 0 Å². The number of hydrogen-bond acceptors (Lipinski definition) is 8. The highest BCUT2D eigenvalue weighted by Gasteiger charge is 2.43. The second-order valence-corrected chi connectivity index (χ2v) is 6.88. The van der Waals surface area contributed by atoms with Gasteiger partial charge in [-0.25, -0.2) is 0 Å². The Hall–Kier alpha value is 0.290. The van der Waals surface area contributed by atoms with E-state index in [4.69, 9.17) is 28.3 Å². The predicted octanol–water partition coefficient (Wildman–Crippen LogP) is -2.11. The smallest absolute Gasteiger partial charge is 0.298 e. The van der Waals surface area contributed by atoms with Crippen LogP contribution >= 0.6 is 23.2 Å². The van der Waals surface area contributed by atoms with Crippen molar-refractivity contribution < 1.29 is 37.8 Å². The maximum Gasteiger partial charge on any atom is 0.298 e. The molecule has 1 heterocycles. The molecule has 108 valence electrons. The molecule has 11 heteroatoms. The van der Waals surface area contributed by atoms with Gasteiger partial charge >= 0.3 is 0 Å². The van der Waals surface area contributed by atoms with E-state index >= 15 is 0 Å². The molecule has 18 heavy (non-hydrogen) atoms. The molecule has 1 aliphatic heterocycles. The van der Waals surface area contributed by atoms with Crippen molar-refractivity contribution in [1.29, 1.82) is 0 Å². The van der Waals surface area contributed by atoms with Crippen molar-refractivity contribution in [3.8, 4) is 0 Å². The Kier molecular flexibility index (Phi) is 5.59. The molecule has 0 aromatic rings. The van der Waals surface area contributed by atoms with Gasteiger partial charge in [0.2, 0.25) is 4.17 Å². The molecule has 0 aromatic heterocycles. The molecule has 5 atom stereocenters. The SMILES string of the molecule is O=S(=O)(OC[C@H]1O[C@H](O)[C@H](O)[C@@H](O)[C@@H]1O)C(Cl)Cl. The number of halogens is 2. The van der Waals surface area contributed by atoms with Crippen LogP contribution in [-0.2, 0) is 19.0 Å². The Morgan fingerprint density at radius 3 is 2.17 bits per heavy atom. The van der Waals surface area contributed by atoms with E-state index < -0.39 is 51.6 Å². The molecule has 1 rings (SSSR count). The second-order valence-electron chi connectivity index (χ2n) is 3.57. The van der Waals surface area contributed by atoms with E-state index in [9.17, 15) is 23.7 Å². The zero-order valence-electron chi connectivity index (χ0n) is 8.76. The molecule has 0 bridgehead atoms. The van der Waals surface area contributed by atoms with Crippen LogP contribution in [0.1, 0.15) is 0 Å². The first-order chi connectivity index (χ1) is 8.16. The van der Waals surface area contributed by atoms with Crippen LogP contribution in [0, 0.1) is 0 Å². The van der Waals surface area contributed by atoms with Gasteiger partial charge in [-0.2, -0.15) is 8.42 Å². The molecule has 0 saturated carbocycles. The van der Waals surface area contributed by atoms with Gasteiger partial charge in [-0.1, -0.05) is 23.2 Å². The molecular formula is C7H12Cl2O8S. The largest absolute Gasteiger partial charge is 0.387 e. The van der Waals surface area contributed by atoms with Gasteiger partial charge in [-0.15, -0.1) is 0 Å². The van der Waals surface area contributed by atoms with Crippen LogP contribution in [0.25, 0.3) is 0 Å². The molecule has 1 fully saturated rings. The lowest BCUT2D eigenvalue weighted by molar-refractivity contribution is -0.285. The average Bonchev–Trinajstić information content (AvgIpc) is 2.29. The maximum absolute atomic E-state index is 11.1. The zero-order chi connectivity index (χ0) is 14.1. The van der Waals surface area contributed by atoms with E-state index in [1.54, 1.807) is 0 Å². The number of rotatable bonds is 4. The zero-order valence-corrected chi connectivity index (χ0v) is 11.1. The summed E-state index contributed by atoms with van der Waals surface area (Å²) in [7, 11) is -4.26. The average molecular weight is 327 g/mol. The highest BCUT2D eigenvalue weighted by Crippen LogP contribution is 2.21. The van der Waals surface area contributed by atoms with E-state index in [-0.39, 0.29) is 0 Å². The summed E-state index contributed by atoms with van der Waals surface area (Å²) in [5, 5.41) is 37.1. The van der Waals surface area contributed by atoms with Crippen molar-refractivity contribution in [2.24, 2.45) is 0 Å². The number of aliphatic hydroxyl groups is 4. The van der Waals surface area contributed by atoms with Gasteiger partial charge in [0.25, 0.3) is 10.1 Å². The quantitative estimate of drug-likeness (QED) is 0.341. The summed E-state index contributed by atoms with van der Waals surface area (Å²) < 4.78 is 29.4. The molecule has 8 nitrogen and oxygen atoms in total. The molecule has 0 aromatic carbocycles. The van der Waals surface area contributed by atoms with Crippen LogP contribution in [0.2, 0.25) is 0 Å². The third kappa shape index (κ3) is 3.65. The van der Waals surface area contributed by atoms with E-state index in [2.05, 4.69) is 8.92 Å². The minimum Gasteiger partial charge on any atom is -0.387 e. The first kappa shape index (κ1) is 16.3. The van der Waals surface area contributed by atoms with Gasteiger partial charge in [0.05, 0.1) is 6.61 Å². The number of hydrogen-bond donors (Lipinski definition) is 4. The van der Waals surface area contributed by atoms with Crippen molar-refractivity contribution in [2.45, 2.75) is 34.9 Å². The molecule has 0 aliphatic carbocycles. The topological polar surface area (TPSA) is 134 Å². The normalized spacial score (nSPS) is 38.1. The molecule has 1 saturated heterocycles. The monoisotopic (exact) mass is 326 g/mol. The van der Waals surface area contributed by atoms with E-state index in [0.717, 1.165) is 0 Å². The summed E-state index contributed by atoms with van der Waals surface area (Å²) in [5.74, 6) is 0. The molecule has 1 aliphatic rings. The van der Waals surface area contributed by atoms with E-state index in [1.165, 1.54) is 0 Å². The third-order valence-electron chi connectivity index (χ3n) is 2.30. The third-order valence-corrected chi connectivity index (χ3v) is 4.51. The van der Waals surface area contributed by atoms with Crippen molar-refractivity contribution in [3.05, 3.63) is 0 Å². The van der Waals surface area contributed by atoms with Gasteiger partial charge in [0.1, 0.15) is 24.4 Å². The fraction of sp³-hybridized carbons (Fsp3) is 1.00. The summed E-state index contributed by atoms with van der Waals surface area (Å²) in [5.41, 5.74) is 0. The Balaban J connectivity index is 2.63. The van der Waals surface area contributed by atoms with E-state index in [1.807, 2.05) is 0 Å². The first-order valence-electron chi connectivity index (χ1n) is 4.71. The van der Waals surface area contributed by atoms with E-state index in [0.29, 0.717) is 0 Å². The molecular weight excluding hydrogens is 315 g/mol. The number of alkyl halides is 2. The minimum atomic E-state index is -4.26. The highest BCUT2D eigenvalue weighted by atomic mass is 35.5. The van der Waals surface area contributed by atoms with Gasteiger partial charge in [-0.3, -0.25) is 4.18 Å². The lowest BCUT2D eigenvalue weighted by atomic mass is 10.00. The fourth-order valence-electron chi connectivity index (χ4n) is 1.28. The molecule has 0 amide bonds. The summed E-state index contributed by atoms with van der Waals surface area (Å²) in [4.78, 5) is 0. The molecule has 4 N–H and O–H groups in total. The first-order valence-corrected chi connectivity index (χ1v) is 7.05. The van der Waals surface area contributed by atoms with Crippen LogP contribution < -0.4 is 0 Å². The summed E-state index contributed by atoms with van der Waals surface area (Å²) in [6, 6.07) is 0. The Morgan fingerprint density at radius 1 is 1.11 bits per heavy atom. The Morgan fingerprint density at radius 2 is 1.67 bits per heavy atom. The van der Waals surface area contributed by atoms with Crippen molar-refractivity contribution in [2.75, 3.05) is 6.61 Å². The lowest BCUT2D eigenvalue weighted by Crippen LogP contribution is -2.58. The summed E-state index contributed by atoms with van der Waals surface area (Å²) in [6.07, 6.45) is -8.18. The Labute approximate surface area is 113 Å². The number of ether oxygens (including phenoxy) is 1. The van der Waals surface area contributed by atoms with Crippen LogP contribution in [0.5, 0.6) is 0 Å². The number of aliphatic hydroxyl groups excluding tert-OH is 4. The van der Waals surface area contributed by atoms with Crippen LogP contribution in [-0.4, -0.2) is 70.3 Å². The molecule has 0 radical (unpaired) electrons. The van der Waals surface area contributed by atoms with Gasteiger partial charge in [0, 0.05) is 0 Å². The Bertz CT molecular complexity index is 374. The van der Waals surface area contributed by atoms with Crippen molar-refractivity contribution in [1.82, 2.24) is 0 Å². The van der Waals surface area contributed by atoms with Crippen LogP contribution in [0.3, 0.4) is 0 Å². The standard InChI is InChI=1S/C7H12Cl2O8S/c8-7(9)18(14,15)16-1-2-3(10)4(11)5(12)6(13)17-2/h2-7,10-13H,1H2/t2-,3-,4+,5-,6+/m1/s1. The summed E-state index contributed by atoms with van der Waals surface area (Å²) in [6.45, 7) is -0.722. The van der Waals surface area contributed by atoms with Crippen molar-refractivity contribution >= 4 is 33.3 Å². The van der Waals surface area contributed by atoms with Gasteiger partial charge in [0.15, 0.2) is 6.29 Å². The molecule has 0 spiro atoms. The predicted molar refractivity (Wildman–Crippen MR) is 59.3 cm³/mol. The maximum atomic E-state index is 11.1. The van der Waals surface area contributed by atoms with Gasteiger partial charge < -0.3 is 25.2 Å². The minimum absolute atomic E-state index is 0.722.